The number of hydrogen-bond donors (Lipinski definition) is 1. The van der Waals surface area contributed by atoms with Crippen molar-refractivity contribution in [2.45, 2.75) is 12.3 Å². The van der Waals surface area contributed by atoms with Crippen LogP contribution in [-0.2, 0) is 6.18 Å². The first kappa shape index (κ1) is 15.2. The van der Waals surface area contributed by atoms with Crippen LogP contribution in [0, 0.1) is 9.39 Å². The minimum absolute atomic E-state index is 0.0830. The SMILES string of the molecule is OC(c1ccc(C(F)(F)F)c(F)c1)c1ccccc1I. The Labute approximate surface area is 126 Å². The molecule has 0 aliphatic heterocycles. The molecule has 0 aliphatic carbocycles. The average Bonchev–Trinajstić information content (AvgIpc) is 2.37. The Balaban J connectivity index is 2.40. The van der Waals surface area contributed by atoms with Gasteiger partial charge in [-0.3, -0.25) is 0 Å². The van der Waals surface area contributed by atoms with E-state index in [1.807, 2.05) is 22.6 Å². The van der Waals surface area contributed by atoms with Crippen molar-refractivity contribution in [1.82, 2.24) is 0 Å². The van der Waals surface area contributed by atoms with Gasteiger partial charge in [0.25, 0.3) is 0 Å². The second-order valence-electron chi connectivity index (χ2n) is 4.16. The number of rotatable bonds is 2. The highest BCUT2D eigenvalue weighted by atomic mass is 127. The molecule has 0 aromatic heterocycles. The Morgan fingerprint density at radius 1 is 1.05 bits per heavy atom. The highest BCUT2D eigenvalue weighted by Crippen LogP contribution is 2.34. The predicted molar refractivity (Wildman–Crippen MR) is 74.6 cm³/mol. The number of hydrogen-bond acceptors (Lipinski definition) is 1. The summed E-state index contributed by atoms with van der Waals surface area (Å²) in [4.78, 5) is 0. The van der Waals surface area contributed by atoms with Crippen molar-refractivity contribution in [2.24, 2.45) is 0 Å². The second-order valence-corrected chi connectivity index (χ2v) is 5.32. The van der Waals surface area contributed by atoms with E-state index in [9.17, 15) is 22.7 Å². The van der Waals surface area contributed by atoms with Crippen molar-refractivity contribution in [3.05, 3.63) is 68.5 Å². The standard InChI is InChI=1S/C14H9F4IO/c15-11-7-8(5-6-10(11)14(16,17)18)13(20)9-3-1-2-4-12(9)19/h1-7,13,20H. The van der Waals surface area contributed by atoms with Crippen LogP contribution >= 0.6 is 22.6 Å². The number of aliphatic hydroxyl groups is 1. The van der Waals surface area contributed by atoms with Gasteiger partial charge in [0, 0.05) is 3.57 Å². The van der Waals surface area contributed by atoms with E-state index in [1.54, 1.807) is 24.3 Å². The largest absolute Gasteiger partial charge is 0.419 e. The van der Waals surface area contributed by atoms with E-state index in [-0.39, 0.29) is 5.56 Å². The molecule has 1 nitrogen and oxygen atoms in total. The van der Waals surface area contributed by atoms with Crippen LogP contribution in [0.3, 0.4) is 0 Å². The van der Waals surface area contributed by atoms with Gasteiger partial charge in [-0.25, -0.2) is 4.39 Å². The summed E-state index contributed by atoms with van der Waals surface area (Å²) in [5.41, 5.74) is -0.733. The van der Waals surface area contributed by atoms with Crippen molar-refractivity contribution in [1.29, 1.82) is 0 Å². The highest BCUT2D eigenvalue weighted by molar-refractivity contribution is 14.1. The zero-order chi connectivity index (χ0) is 14.9. The van der Waals surface area contributed by atoms with Gasteiger partial charge in [0.1, 0.15) is 11.9 Å². The van der Waals surface area contributed by atoms with E-state index in [1.165, 1.54) is 0 Å². The van der Waals surface area contributed by atoms with Crippen LogP contribution < -0.4 is 0 Å². The number of benzene rings is 2. The van der Waals surface area contributed by atoms with Crippen molar-refractivity contribution >= 4 is 22.6 Å². The van der Waals surface area contributed by atoms with Gasteiger partial charge in [-0.15, -0.1) is 0 Å². The van der Waals surface area contributed by atoms with Crippen LogP contribution in [0.15, 0.2) is 42.5 Å². The Bertz CT molecular complexity index is 625. The Morgan fingerprint density at radius 3 is 2.25 bits per heavy atom. The molecule has 0 aliphatic rings. The summed E-state index contributed by atoms with van der Waals surface area (Å²) in [7, 11) is 0. The van der Waals surface area contributed by atoms with Crippen LogP contribution in [0.2, 0.25) is 0 Å². The molecular weight excluding hydrogens is 387 g/mol. The summed E-state index contributed by atoms with van der Waals surface area (Å²) in [6.07, 6.45) is -5.91. The second kappa shape index (κ2) is 5.69. The molecular formula is C14H9F4IO. The quantitative estimate of drug-likeness (QED) is 0.585. The molecule has 1 unspecified atom stereocenters. The molecule has 1 atom stereocenters. The van der Waals surface area contributed by atoms with E-state index in [4.69, 9.17) is 0 Å². The maximum Gasteiger partial charge on any atom is 0.419 e. The summed E-state index contributed by atoms with van der Waals surface area (Å²) >= 11 is 2.00. The predicted octanol–water partition coefficient (Wildman–Crippen LogP) is 4.53. The minimum Gasteiger partial charge on any atom is -0.384 e. The number of alkyl halides is 3. The van der Waals surface area contributed by atoms with Gasteiger partial charge in [-0.2, -0.15) is 13.2 Å². The summed E-state index contributed by atoms with van der Waals surface area (Å²) in [6.45, 7) is 0. The fourth-order valence-electron chi connectivity index (χ4n) is 1.81. The van der Waals surface area contributed by atoms with Gasteiger partial charge in [-0.1, -0.05) is 24.3 Å². The smallest absolute Gasteiger partial charge is 0.384 e. The number of halogens is 5. The lowest BCUT2D eigenvalue weighted by Crippen LogP contribution is -2.10. The molecule has 0 amide bonds. The van der Waals surface area contributed by atoms with Crippen molar-refractivity contribution in [3.8, 4) is 0 Å². The fourth-order valence-corrected chi connectivity index (χ4v) is 2.49. The van der Waals surface area contributed by atoms with Crippen LogP contribution in [0.25, 0.3) is 0 Å². The van der Waals surface area contributed by atoms with Gasteiger partial charge in [0.15, 0.2) is 0 Å². The van der Waals surface area contributed by atoms with Crippen molar-refractivity contribution in [3.63, 3.8) is 0 Å². The van der Waals surface area contributed by atoms with Gasteiger partial charge < -0.3 is 5.11 Å². The molecule has 0 saturated carbocycles. The monoisotopic (exact) mass is 396 g/mol. The van der Waals surface area contributed by atoms with Gasteiger partial charge in [-0.05, 0) is 51.9 Å². The maximum atomic E-state index is 13.5. The van der Waals surface area contributed by atoms with E-state index >= 15 is 0 Å². The molecule has 1 N–H and O–H groups in total. The summed E-state index contributed by atoms with van der Waals surface area (Å²) in [5.74, 6) is -1.39. The molecule has 0 saturated heterocycles. The molecule has 0 radical (unpaired) electrons. The van der Waals surface area contributed by atoms with Crippen LogP contribution in [0.4, 0.5) is 17.6 Å². The molecule has 0 fully saturated rings. The molecule has 6 heteroatoms. The zero-order valence-corrected chi connectivity index (χ0v) is 12.1. The van der Waals surface area contributed by atoms with E-state index in [0.717, 1.165) is 15.7 Å². The fraction of sp³-hybridized carbons (Fsp3) is 0.143. The molecule has 0 heterocycles. The topological polar surface area (TPSA) is 20.2 Å². The molecule has 0 bridgehead atoms. The summed E-state index contributed by atoms with van der Waals surface area (Å²) in [6, 6.07) is 9.30. The first-order chi connectivity index (χ1) is 9.30. The lowest BCUT2D eigenvalue weighted by Gasteiger charge is -2.15. The summed E-state index contributed by atoms with van der Waals surface area (Å²) in [5, 5.41) is 10.1. The van der Waals surface area contributed by atoms with Crippen LogP contribution in [0.1, 0.15) is 22.8 Å². The number of aliphatic hydroxyl groups excluding tert-OH is 1. The lowest BCUT2D eigenvalue weighted by molar-refractivity contribution is -0.140. The Hall–Kier alpha value is -1.15. The van der Waals surface area contributed by atoms with E-state index < -0.39 is 23.7 Å². The first-order valence-electron chi connectivity index (χ1n) is 5.60. The maximum absolute atomic E-state index is 13.5. The first-order valence-corrected chi connectivity index (χ1v) is 6.67. The normalized spacial score (nSPS) is 13.3. The average molecular weight is 396 g/mol. The van der Waals surface area contributed by atoms with Gasteiger partial charge in [0.05, 0.1) is 5.56 Å². The summed E-state index contributed by atoms with van der Waals surface area (Å²) < 4.78 is 51.6. The molecule has 2 aromatic carbocycles. The Morgan fingerprint density at radius 2 is 1.70 bits per heavy atom. The third-order valence-electron chi connectivity index (χ3n) is 2.81. The third kappa shape index (κ3) is 3.12. The third-order valence-corrected chi connectivity index (χ3v) is 3.80. The van der Waals surface area contributed by atoms with Crippen LogP contribution in [-0.4, -0.2) is 5.11 Å². The highest BCUT2D eigenvalue weighted by Gasteiger charge is 2.34. The van der Waals surface area contributed by atoms with Crippen LogP contribution in [0.5, 0.6) is 0 Å². The van der Waals surface area contributed by atoms with Gasteiger partial charge >= 0.3 is 6.18 Å². The van der Waals surface area contributed by atoms with E-state index in [0.29, 0.717) is 11.6 Å². The van der Waals surface area contributed by atoms with Crippen molar-refractivity contribution in [2.75, 3.05) is 0 Å². The van der Waals surface area contributed by atoms with Crippen molar-refractivity contribution < 1.29 is 22.7 Å². The molecule has 2 aromatic rings. The molecule has 2 rings (SSSR count). The minimum atomic E-state index is -4.74. The molecule has 106 valence electrons. The Kier molecular flexibility index (Phi) is 4.33. The van der Waals surface area contributed by atoms with Gasteiger partial charge in [0.2, 0.25) is 0 Å². The zero-order valence-electron chi connectivity index (χ0n) is 9.96. The molecule has 20 heavy (non-hydrogen) atoms. The van der Waals surface area contributed by atoms with E-state index in [2.05, 4.69) is 0 Å². The molecule has 0 spiro atoms. The lowest BCUT2D eigenvalue weighted by atomic mass is 10.00.